The van der Waals surface area contributed by atoms with E-state index < -0.39 is 64.7 Å². The summed E-state index contributed by atoms with van der Waals surface area (Å²) < 4.78 is 53.0. The number of carbonyl (C=O) groups is 2. The molecule has 186 valence electrons. The number of nitrogens with zero attached hydrogens (tertiary/aromatic N) is 2. The van der Waals surface area contributed by atoms with Crippen molar-refractivity contribution in [2.24, 2.45) is 0 Å². The standard InChI is InChI=1S/C23H21F3N2O7/c1-3-22-14(34-16(31)7-6-15(29)30)9-21(2,35-22)17-18(22)20(33)28(19(17)32)12-5-4-11(10-27)13(8-12)23(24,25)26/h4-5,8,14,32-33H,3,6-7,9H2,1-2H3,(H,29,30)/t14-,21?,22?/m1/s1. The highest BCUT2D eigenvalue weighted by molar-refractivity contribution is 5.77. The molecule has 35 heavy (non-hydrogen) atoms. The van der Waals surface area contributed by atoms with Gasteiger partial charge in [0.25, 0.3) is 0 Å². The topological polar surface area (TPSA) is 142 Å². The van der Waals surface area contributed by atoms with Gasteiger partial charge in [0.05, 0.1) is 46.9 Å². The van der Waals surface area contributed by atoms with Gasteiger partial charge in [-0.15, -0.1) is 0 Å². The number of nitriles is 1. The highest BCUT2D eigenvalue weighted by Crippen LogP contribution is 2.66. The molecule has 0 spiro atoms. The number of halogens is 3. The summed E-state index contributed by atoms with van der Waals surface area (Å²) in [4.78, 5) is 23.0. The van der Waals surface area contributed by atoms with E-state index in [1.165, 1.54) is 6.07 Å². The van der Waals surface area contributed by atoms with Crippen molar-refractivity contribution in [1.29, 1.82) is 5.26 Å². The van der Waals surface area contributed by atoms with Crippen molar-refractivity contribution in [1.82, 2.24) is 4.57 Å². The molecule has 1 saturated heterocycles. The highest BCUT2D eigenvalue weighted by atomic mass is 19.4. The van der Waals surface area contributed by atoms with E-state index in [2.05, 4.69) is 0 Å². The molecule has 0 saturated carbocycles. The van der Waals surface area contributed by atoms with Crippen molar-refractivity contribution in [2.75, 3.05) is 0 Å². The summed E-state index contributed by atoms with van der Waals surface area (Å²) in [6, 6.07) is 4.23. The number of esters is 1. The second-order valence-corrected chi connectivity index (χ2v) is 8.72. The predicted molar refractivity (Wildman–Crippen MR) is 111 cm³/mol. The average molecular weight is 494 g/mol. The monoisotopic (exact) mass is 494 g/mol. The maximum atomic E-state index is 13.5. The summed E-state index contributed by atoms with van der Waals surface area (Å²) >= 11 is 0. The minimum Gasteiger partial charge on any atom is -0.494 e. The Balaban J connectivity index is 1.82. The molecular weight excluding hydrogens is 473 g/mol. The van der Waals surface area contributed by atoms with Crippen LogP contribution in [0, 0.1) is 11.3 Å². The molecule has 2 unspecified atom stereocenters. The van der Waals surface area contributed by atoms with E-state index in [0.29, 0.717) is 6.07 Å². The van der Waals surface area contributed by atoms with Gasteiger partial charge < -0.3 is 24.8 Å². The van der Waals surface area contributed by atoms with Crippen molar-refractivity contribution in [3.05, 3.63) is 40.5 Å². The number of rotatable bonds is 6. The number of carboxylic acid groups (broad SMARTS) is 1. The number of carbonyl (C=O) groups excluding carboxylic acids is 1. The average Bonchev–Trinajstić information content (AvgIpc) is 3.33. The molecular formula is C23H21F3N2O7. The fourth-order valence-electron chi connectivity index (χ4n) is 5.13. The van der Waals surface area contributed by atoms with Gasteiger partial charge in [0.15, 0.2) is 0 Å². The van der Waals surface area contributed by atoms with Crippen LogP contribution in [-0.2, 0) is 36.4 Å². The molecule has 3 atom stereocenters. The van der Waals surface area contributed by atoms with Gasteiger partial charge >= 0.3 is 18.1 Å². The fraction of sp³-hybridized carbons (Fsp3) is 0.435. The molecule has 2 aromatic rings. The summed E-state index contributed by atoms with van der Waals surface area (Å²) in [7, 11) is 0. The molecule has 0 radical (unpaired) electrons. The smallest absolute Gasteiger partial charge is 0.417 e. The number of ether oxygens (including phenoxy) is 2. The van der Waals surface area contributed by atoms with Gasteiger partial charge in [0.2, 0.25) is 11.8 Å². The number of hydrogen-bond donors (Lipinski definition) is 3. The van der Waals surface area contributed by atoms with E-state index in [1.807, 2.05) is 0 Å². The summed E-state index contributed by atoms with van der Waals surface area (Å²) in [6.07, 6.45) is -6.35. The molecule has 2 aliphatic rings. The molecule has 0 amide bonds. The first-order chi connectivity index (χ1) is 16.3. The lowest BCUT2D eigenvalue weighted by molar-refractivity contribution is -0.164. The summed E-state index contributed by atoms with van der Waals surface area (Å²) in [5.41, 5.74) is -4.48. The van der Waals surface area contributed by atoms with Gasteiger partial charge in [-0.1, -0.05) is 6.92 Å². The van der Waals surface area contributed by atoms with E-state index in [4.69, 9.17) is 19.8 Å². The van der Waals surface area contributed by atoms with Crippen molar-refractivity contribution in [2.45, 2.75) is 63.0 Å². The van der Waals surface area contributed by atoms with Crippen LogP contribution in [0.3, 0.4) is 0 Å². The molecule has 2 aliphatic heterocycles. The van der Waals surface area contributed by atoms with Gasteiger partial charge in [-0.2, -0.15) is 18.4 Å². The first-order valence-electron chi connectivity index (χ1n) is 10.7. The van der Waals surface area contributed by atoms with Gasteiger partial charge in [-0.25, -0.2) is 0 Å². The van der Waals surface area contributed by atoms with Gasteiger partial charge in [0.1, 0.15) is 17.3 Å². The van der Waals surface area contributed by atoms with E-state index >= 15 is 0 Å². The van der Waals surface area contributed by atoms with E-state index in [0.717, 1.165) is 16.7 Å². The van der Waals surface area contributed by atoms with Crippen molar-refractivity contribution in [3.63, 3.8) is 0 Å². The van der Waals surface area contributed by atoms with Crippen LogP contribution in [0.1, 0.15) is 61.8 Å². The van der Waals surface area contributed by atoms with E-state index in [-0.39, 0.29) is 36.1 Å². The third-order valence-electron chi connectivity index (χ3n) is 6.60. The van der Waals surface area contributed by atoms with Crippen LogP contribution in [0.15, 0.2) is 18.2 Å². The number of hydrogen-bond acceptors (Lipinski definition) is 7. The molecule has 3 N–H and O–H groups in total. The number of aliphatic carboxylic acids is 1. The SMILES string of the molecule is CCC12OC(C)(C[C@H]1OC(=O)CCC(=O)O)c1c2c(O)n(-c2ccc(C#N)c(C(F)(F)F)c2)c1O. The minimum atomic E-state index is -4.85. The largest absolute Gasteiger partial charge is 0.494 e. The lowest BCUT2D eigenvalue weighted by atomic mass is 9.76. The Morgan fingerprint density at radius 3 is 2.49 bits per heavy atom. The Morgan fingerprint density at radius 2 is 1.91 bits per heavy atom. The summed E-state index contributed by atoms with van der Waals surface area (Å²) in [5.74, 6) is -3.08. The van der Waals surface area contributed by atoms with Crippen LogP contribution in [0.4, 0.5) is 13.2 Å². The summed E-state index contributed by atoms with van der Waals surface area (Å²) in [6.45, 7) is 3.29. The fourth-order valence-corrected chi connectivity index (χ4v) is 5.13. The normalized spacial score (nSPS) is 24.7. The minimum absolute atomic E-state index is 0.0742. The van der Waals surface area contributed by atoms with E-state index in [1.54, 1.807) is 13.8 Å². The third kappa shape index (κ3) is 3.58. The molecule has 4 rings (SSSR count). The van der Waals surface area contributed by atoms with Crippen molar-refractivity contribution < 1.29 is 47.6 Å². The molecule has 9 nitrogen and oxygen atoms in total. The highest BCUT2D eigenvalue weighted by Gasteiger charge is 2.67. The Hall–Kier alpha value is -3.72. The number of carboxylic acids is 1. The first-order valence-corrected chi connectivity index (χ1v) is 10.7. The first kappa shape index (κ1) is 24.4. The quantitative estimate of drug-likeness (QED) is 0.515. The molecule has 0 aliphatic carbocycles. The third-order valence-corrected chi connectivity index (χ3v) is 6.60. The Labute approximate surface area is 196 Å². The number of aromatic hydroxyl groups is 2. The number of aromatic nitrogens is 1. The van der Waals surface area contributed by atoms with Crippen LogP contribution in [0.5, 0.6) is 11.8 Å². The van der Waals surface area contributed by atoms with E-state index in [9.17, 15) is 33.0 Å². The molecule has 2 bridgehead atoms. The predicted octanol–water partition coefficient (Wildman–Crippen LogP) is 3.81. The molecule has 1 aromatic heterocycles. The zero-order valence-corrected chi connectivity index (χ0v) is 18.6. The Kier molecular flexibility index (Phi) is 5.52. The molecule has 1 aromatic carbocycles. The zero-order chi connectivity index (χ0) is 25.9. The number of fused-ring (bicyclic) bond motifs is 5. The second kappa shape index (κ2) is 7.91. The lowest BCUT2D eigenvalue weighted by Crippen LogP contribution is -2.39. The van der Waals surface area contributed by atoms with Crippen LogP contribution >= 0.6 is 0 Å². The number of benzene rings is 1. The number of alkyl halides is 3. The lowest BCUT2D eigenvalue weighted by Gasteiger charge is -2.31. The van der Waals surface area contributed by atoms with Crippen molar-refractivity contribution >= 4 is 11.9 Å². The van der Waals surface area contributed by atoms with Crippen LogP contribution in [-0.4, -0.2) is 37.9 Å². The van der Waals surface area contributed by atoms with Crippen molar-refractivity contribution in [3.8, 4) is 23.5 Å². The zero-order valence-electron chi connectivity index (χ0n) is 18.6. The Bertz CT molecular complexity index is 1280. The van der Waals surface area contributed by atoms with Crippen LogP contribution in [0.2, 0.25) is 0 Å². The molecule has 12 heteroatoms. The Morgan fingerprint density at radius 1 is 1.26 bits per heavy atom. The maximum absolute atomic E-state index is 13.5. The van der Waals surface area contributed by atoms with Gasteiger partial charge in [-0.05, 0) is 31.5 Å². The van der Waals surface area contributed by atoms with Crippen LogP contribution < -0.4 is 0 Å². The second-order valence-electron chi connectivity index (χ2n) is 8.72. The summed E-state index contributed by atoms with van der Waals surface area (Å²) in [5, 5.41) is 40.0. The molecule has 3 heterocycles. The molecule has 1 fully saturated rings. The van der Waals surface area contributed by atoms with Gasteiger partial charge in [0, 0.05) is 6.42 Å². The maximum Gasteiger partial charge on any atom is 0.417 e. The van der Waals surface area contributed by atoms with Gasteiger partial charge in [-0.3, -0.25) is 14.2 Å². The van der Waals surface area contributed by atoms with Crippen LogP contribution in [0.25, 0.3) is 5.69 Å².